The molecule has 0 saturated heterocycles. The van der Waals surface area contributed by atoms with Crippen molar-refractivity contribution in [2.75, 3.05) is 11.9 Å². The number of para-hydroxylation sites is 1. The maximum absolute atomic E-state index is 12.4. The SMILES string of the molecule is N[C@H](CNc1cccc(-c2cc3ccccc3oc2=O)c1)Cc1ccccc1. The molecule has 0 amide bonds. The Hall–Kier alpha value is -3.37. The van der Waals surface area contributed by atoms with Crippen molar-refractivity contribution < 1.29 is 4.42 Å². The molecule has 1 aromatic heterocycles. The van der Waals surface area contributed by atoms with Crippen molar-refractivity contribution in [3.8, 4) is 11.1 Å². The quantitative estimate of drug-likeness (QED) is 0.492. The molecule has 140 valence electrons. The van der Waals surface area contributed by atoms with E-state index >= 15 is 0 Å². The van der Waals surface area contributed by atoms with Crippen molar-refractivity contribution >= 4 is 16.7 Å². The van der Waals surface area contributed by atoms with Gasteiger partial charge in [0.1, 0.15) is 5.58 Å². The average Bonchev–Trinajstić information content (AvgIpc) is 2.73. The van der Waals surface area contributed by atoms with Crippen LogP contribution in [0.2, 0.25) is 0 Å². The van der Waals surface area contributed by atoms with Crippen molar-refractivity contribution in [3.05, 3.63) is 101 Å². The molecule has 4 rings (SSSR count). The summed E-state index contributed by atoms with van der Waals surface area (Å²) in [6.07, 6.45) is 0.807. The molecule has 0 aliphatic rings. The van der Waals surface area contributed by atoms with Gasteiger partial charge in [-0.3, -0.25) is 0 Å². The first-order valence-corrected chi connectivity index (χ1v) is 9.36. The van der Waals surface area contributed by atoms with Gasteiger partial charge in [-0.2, -0.15) is 0 Å². The lowest BCUT2D eigenvalue weighted by Gasteiger charge is -2.14. The van der Waals surface area contributed by atoms with Crippen LogP contribution in [-0.4, -0.2) is 12.6 Å². The molecule has 0 spiro atoms. The van der Waals surface area contributed by atoms with Crippen LogP contribution in [0.15, 0.2) is 94.1 Å². The van der Waals surface area contributed by atoms with Gasteiger partial charge in [0.25, 0.3) is 0 Å². The normalized spacial score (nSPS) is 12.0. The molecule has 0 unspecified atom stereocenters. The monoisotopic (exact) mass is 370 g/mol. The highest BCUT2D eigenvalue weighted by atomic mass is 16.4. The Balaban J connectivity index is 1.50. The van der Waals surface area contributed by atoms with E-state index in [2.05, 4.69) is 17.4 Å². The Morgan fingerprint density at radius 1 is 0.893 bits per heavy atom. The third kappa shape index (κ3) is 4.13. The fraction of sp³-hybridized carbons (Fsp3) is 0.125. The van der Waals surface area contributed by atoms with Gasteiger partial charge in [0.2, 0.25) is 0 Å². The van der Waals surface area contributed by atoms with Gasteiger partial charge in [-0.05, 0) is 41.8 Å². The van der Waals surface area contributed by atoms with Crippen molar-refractivity contribution in [2.24, 2.45) is 5.73 Å². The van der Waals surface area contributed by atoms with E-state index in [0.717, 1.165) is 23.1 Å². The van der Waals surface area contributed by atoms with Crippen LogP contribution in [0.3, 0.4) is 0 Å². The third-order valence-corrected chi connectivity index (χ3v) is 4.72. The standard InChI is InChI=1S/C24H22N2O2/c25-20(13-17-7-2-1-3-8-17)16-26-21-11-6-10-18(14-21)22-15-19-9-4-5-12-23(19)28-24(22)27/h1-12,14-15,20,26H,13,16,25H2/t20-/m0/s1. The predicted octanol–water partition coefficient (Wildman–Crippen LogP) is 4.44. The lowest BCUT2D eigenvalue weighted by atomic mass is 10.0. The molecule has 28 heavy (non-hydrogen) atoms. The molecule has 0 saturated carbocycles. The Morgan fingerprint density at radius 2 is 1.68 bits per heavy atom. The number of rotatable bonds is 6. The van der Waals surface area contributed by atoms with Crippen LogP contribution < -0.4 is 16.7 Å². The highest BCUT2D eigenvalue weighted by molar-refractivity contribution is 5.82. The molecule has 3 aromatic carbocycles. The van der Waals surface area contributed by atoms with E-state index in [0.29, 0.717) is 17.7 Å². The minimum atomic E-state index is -0.336. The van der Waals surface area contributed by atoms with Crippen LogP contribution >= 0.6 is 0 Å². The van der Waals surface area contributed by atoms with Crippen LogP contribution in [0.5, 0.6) is 0 Å². The molecule has 0 bridgehead atoms. The van der Waals surface area contributed by atoms with Crippen LogP contribution in [-0.2, 0) is 6.42 Å². The smallest absolute Gasteiger partial charge is 0.344 e. The first-order chi connectivity index (χ1) is 13.7. The number of hydrogen-bond donors (Lipinski definition) is 2. The molecule has 1 heterocycles. The highest BCUT2D eigenvalue weighted by Crippen LogP contribution is 2.23. The van der Waals surface area contributed by atoms with E-state index in [4.69, 9.17) is 10.2 Å². The van der Waals surface area contributed by atoms with Gasteiger partial charge in [0.05, 0.1) is 5.56 Å². The van der Waals surface area contributed by atoms with Gasteiger partial charge in [-0.15, -0.1) is 0 Å². The van der Waals surface area contributed by atoms with Crippen LogP contribution in [0.1, 0.15) is 5.56 Å². The number of nitrogens with two attached hydrogens (primary N) is 1. The van der Waals surface area contributed by atoms with Gasteiger partial charge in [-0.25, -0.2) is 4.79 Å². The summed E-state index contributed by atoms with van der Waals surface area (Å²) in [6.45, 7) is 0.644. The summed E-state index contributed by atoms with van der Waals surface area (Å²) < 4.78 is 5.46. The molecular formula is C24H22N2O2. The van der Waals surface area contributed by atoms with Crippen LogP contribution in [0.4, 0.5) is 5.69 Å². The first kappa shape index (κ1) is 18.0. The molecule has 1 atom stereocenters. The van der Waals surface area contributed by atoms with Gasteiger partial charge in [0, 0.05) is 23.7 Å². The number of anilines is 1. The summed E-state index contributed by atoms with van der Waals surface area (Å²) in [5, 5.41) is 4.28. The zero-order valence-electron chi connectivity index (χ0n) is 15.5. The van der Waals surface area contributed by atoms with E-state index in [1.165, 1.54) is 5.56 Å². The summed E-state index contributed by atoms with van der Waals surface area (Å²) >= 11 is 0. The second-order valence-corrected chi connectivity index (χ2v) is 6.90. The molecule has 0 aliphatic carbocycles. The molecule has 0 radical (unpaired) electrons. The average molecular weight is 370 g/mol. The van der Waals surface area contributed by atoms with Crippen LogP contribution in [0.25, 0.3) is 22.1 Å². The largest absolute Gasteiger partial charge is 0.422 e. The second kappa shape index (κ2) is 8.11. The Morgan fingerprint density at radius 3 is 2.54 bits per heavy atom. The number of hydrogen-bond acceptors (Lipinski definition) is 4. The lowest BCUT2D eigenvalue weighted by molar-refractivity contribution is 0.563. The van der Waals surface area contributed by atoms with Crippen molar-refractivity contribution in [1.82, 2.24) is 0 Å². The topological polar surface area (TPSA) is 68.3 Å². The van der Waals surface area contributed by atoms with E-state index in [9.17, 15) is 4.79 Å². The van der Waals surface area contributed by atoms with Crippen molar-refractivity contribution in [2.45, 2.75) is 12.5 Å². The molecule has 3 N–H and O–H groups in total. The molecule has 4 heteroatoms. The predicted molar refractivity (Wildman–Crippen MR) is 115 cm³/mol. The fourth-order valence-corrected chi connectivity index (χ4v) is 3.30. The summed E-state index contributed by atoms with van der Waals surface area (Å²) in [5.74, 6) is 0. The molecule has 0 fully saturated rings. The number of benzene rings is 3. The third-order valence-electron chi connectivity index (χ3n) is 4.72. The molecule has 4 aromatic rings. The maximum atomic E-state index is 12.4. The van der Waals surface area contributed by atoms with Gasteiger partial charge in [-0.1, -0.05) is 60.7 Å². The number of fused-ring (bicyclic) bond motifs is 1. The Kier molecular flexibility index (Phi) is 5.22. The lowest BCUT2D eigenvalue weighted by Crippen LogP contribution is -2.31. The Bertz CT molecular complexity index is 1140. The van der Waals surface area contributed by atoms with Crippen molar-refractivity contribution in [1.29, 1.82) is 0 Å². The Labute approximate surface area is 163 Å². The first-order valence-electron chi connectivity index (χ1n) is 9.36. The van der Waals surface area contributed by atoms with E-state index in [-0.39, 0.29) is 11.7 Å². The molecule has 0 aliphatic heterocycles. The molecule has 4 nitrogen and oxygen atoms in total. The minimum absolute atomic E-state index is 0.00297. The summed E-state index contributed by atoms with van der Waals surface area (Å²) in [4.78, 5) is 12.4. The summed E-state index contributed by atoms with van der Waals surface area (Å²) in [7, 11) is 0. The zero-order valence-corrected chi connectivity index (χ0v) is 15.5. The minimum Gasteiger partial charge on any atom is -0.422 e. The van der Waals surface area contributed by atoms with E-state index < -0.39 is 0 Å². The maximum Gasteiger partial charge on any atom is 0.344 e. The van der Waals surface area contributed by atoms with E-state index in [1.54, 1.807) is 6.07 Å². The van der Waals surface area contributed by atoms with Gasteiger partial charge >= 0.3 is 5.63 Å². The van der Waals surface area contributed by atoms with E-state index in [1.807, 2.05) is 66.7 Å². The van der Waals surface area contributed by atoms with Gasteiger partial charge < -0.3 is 15.5 Å². The summed E-state index contributed by atoms with van der Waals surface area (Å²) in [6, 6.07) is 27.4. The molecular weight excluding hydrogens is 348 g/mol. The zero-order chi connectivity index (χ0) is 19.3. The van der Waals surface area contributed by atoms with Crippen molar-refractivity contribution in [3.63, 3.8) is 0 Å². The second-order valence-electron chi connectivity index (χ2n) is 6.90. The summed E-state index contributed by atoms with van der Waals surface area (Å²) in [5.41, 5.74) is 10.0. The number of nitrogens with one attached hydrogen (secondary N) is 1. The fourth-order valence-electron chi connectivity index (χ4n) is 3.30. The van der Waals surface area contributed by atoms with Gasteiger partial charge in [0.15, 0.2) is 0 Å². The highest BCUT2D eigenvalue weighted by Gasteiger charge is 2.09. The van der Waals surface area contributed by atoms with Crippen LogP contribution in [0, 0.1) is 0 Å².